The van der Waals surface area contributed by atoms with Gasteiger partial charge in [0.25, 0.3) is 0 Å². The first-order chi connectivity index (χ1) is 7.78. The van der Waals surface area contributed by atoms with Gasteiger partial charge in [0.05, 0.1) is 5.88 Å². The molecule has 0 saturated heterocycles. The summed E-state index contributed by atoms with van der Waals surface area (Å²) in [6.07, 6.45) is 4.55. The zero-order valence-corrected chi connectivity index (χ0v) is 10.0. The van der Waals surface area contributed by atoms with Gasteiger partial charge >= 0.3 is 0 Å². The van der Waals surface area contributed by atoms with Gasteiger partial charge in [0.15, 0.2) is 5.65 Å². The van der Waals surface area contributed by atoms with E-state index >= 15 is 0 Å². The Morgan fingerprint density at radius 1 is 1.50 bits per heavy atom. The fourth-order valence-corrected chi connectivity index (χ4v) is 2.21. The number of aromatic nitrogens is 3. The number of pyridine rings is 1. The molecule has 4 heteroatoms. The highest BCUT2D eigenvalue weighted by Crippen LogP contribution is 2.32. The Hall–Kier alpha value is -1.09. The Kier molecular flexibility index (Phi) is 2.36. The quantitative estimate of drug-likeness (QED) is 0.766. The van der Waals surface area contributed by atoms with Gasteiger partial charge in [-0.15, -0.1) is 11.6 Å². The van der Waals surface area contributed by atoms with Crippen LogP contribution in [0.25, 0.3) is 11.2 Å². The maximum absolute atomic E-state index is 5.94. The third-order valence-corrected chi connectivity index (χ3v) is 3.30. The van der Waals surface area contributed by atoms with Gasteiger partial charge < -0.3 is 4.57 Å². The SMILES string of the molecule is Cc1cnc2c(c1)nc(CCl)n2CC1CC1. The van der Waals surface area contributed by atoms with E-state index in [4.69, 9.17) is 11.6 Å². The van der Waals surface area contributed by atoms with Crippen molar-refractivity contribution in [3.63, 3.8) is 0 Å². The lowest BCUT2D eigenvalue weighted by atomic mass is 10.3. The number of nitrogens with zero attached hydrogens (tertiary/aromatic N) is 3. The molecule has 2 heterocycles. The zero-order valence-electron chi connectivity index (χ0n) is 9.28. The van der Waals surface area contributed by atoms with Crippen LogP contribution in [0.4, 0.5) is 0 Å². The van der Waals surface area contributed by atoms with Crippen LogP contribution in [0.5, 0.6) is 0 Å². The van der Waals surface area contributed by atoms with E-state index < -0.39 is 0 Å². The molecule has 0 aromatic carbocycles. The lowest BCUT2D eigenvalue weighted by Gasteiger charge is -2.05. The predicted molar refractivity (Wildman–Crippen MR) is 64.5 cm³/mol. The normalized spacial score (nSPS) is 15.9. The largest absolute Gasteiger partial charge is 0.311 e. The third kappa shape index (κ3) is 1.69. The van der Waals surface area contributed by atoms with Crippen LogP contribution in [0.2, 0.25) is 0 Å². The van der Waals surface area contributed by atoms with Gasteiger partial charge in [0, 0.05) is 12.7 Å². The first-order valence-electron chi connectivity index (χ1n) is 5.65. The van der Waals surface area contributed by atoms with Crippen LogP contribution in [0.3, 0.4) is 0 Å². The summed E-state index contributed by atoms with van der Waals surface area (Å²) in [7, 11) is 0. The van der Waals surface area contributed by atoms with Crippen molar-refractivity contribution in [3.8, 4) is 0 Å². The summed E-state index contributed by atoms with van der Waals surface area (Å²) in [4.78, 5) is 9.01. The molecule has 0 spiro atoms. The topological polar surface area (TPSA) is 30.7 Å². The van der Waals surface area contributed by atoms with Crippen LogP contribution < -0.4 is 0 Å². The van der Waals surface area contributed by atoms with Gasteiger partial charge in [-0.3, -0.25) is 0 Å². The molecule has 3 rings (SSSR count). The van der Waals surface area contributed by atoms with Crippen molar-refractivity contribution in [1.29, 1.82) is 0 Å². The Morgan fingerprint density at radius 3 is 3.00 bits per heavy atom. The molecule has 1 saturated carbocycles. The van der Waals surface area contributed by atoms with Crippen molar-refractivity contribution >= 4 is 22.8 Å². The number of imidazole rings is 1. The molecule has 2 aromatic heterocycles. The van der Waals surface area contributed by atoms with Crippen molar-refractivity contribution in [3.05, 3.63) is 23.7 Å². The number of hydrogen-bond acceptors (Lipinski definition) is 2. The maximum atomic E-state index is 5.94. The molecule has 0 bridgehead atoms. The Bertz CT molecular complexity index is 528. The fourth-order valence-electron chi connectivity index (χ4n) is 2.01. The van der Waals surface area contributed by atoms with Crippen LogP contribution in [0, 0.1) is 12.8 Å². The van der Waals surface area contributed by atoms with Crippen molar-refractivity contribution in [2.75, 3.05) is 0 Å². The molecule has 0 aliphatic heterocycles. The number of rotatable bonds is 3. The predicted octanol–water partition coefficient (Wildman–Crippen LogP) is 2.89. The molecule has 3 nitrogen and oxygen atoms in total. The first kappa shape index (κ1) is 10.1. The molecule has 0 atom stereocenters. The molecule has 1 aliphatic carbocycles. The number of hydrogen-bond donors (Lipinski definition) is 0. The van der Waals surface area contributed by atoms with E-state index in [0.29, 0.717) is 5.88 Å². The van der Waals surface area contributed by atoms with E-state index in [1.165, 1.54) is 12.8 Å². The third-order valence-electron chi connectivity index (χ3n) is 3.06. The molecular formula is C12H14ClN3. The summed E-state index contributed by atoms with van der Waals surface area (Å²) >= 11 is 5.94. The van der Waals surface area contributed by atoms with Crippen molar-refractivity contribution in [2.45, 2.75) is 32.2 Å². The van der Waals surface area contributed by atoms with E-state index in [0.717, 1.165) is 35.0 Å². The van der Waals surface area contributed by atoms with E-state index in [9.17, 15) is 0 Å². The second-order valence-electron chi connectivity index (χ2n) is 4.57. The van der Waals surface area contributed by atoms with Crippen LogP contribution in [-0.2, 0) is 12.4 Å². The molecule has 84 valence electrons. The monoisotopic (exact) mass is 235 g/mol. The summed E-state index contributed by atoms with van der Waals surface area (Å²) in [5, 5.41) is 0. The molecule has 1 fully saturated rings. The van der Waals surface area contributed by atoms with Crippen LogP contribution in [-0.4, -0.2) is 14.5 Å². The van der Waals surface area contributed by atoms with Crippen molar-refractivity contribution < 1.29 is 0 Å². The minimum absolute atomic E-state index is 0.460. The van der Waals surface area contributed by atoms with Gasteiger partial charge in [-0.05, 0) is 37.3 Å². The lowest BCUT2D eigenvalue weighted by molar-refractivity contribution is 0.619. The standard InChI is InChI=1S/C12H14ClN3/c1-8-4-10-12(14-6-8)16(7-9-2-3-9)11(5-13)15-10/h4,6,9H,2-3,5,7H2,1H3. The first-order valence-corrected chi connectivity index (χ1v) is 6.19. The molecule has 0 amide bonds. The highest BCUT2D eigenvalue weighted by Gasteiger charge is 2.24. The minimum atomic E-state index is 0.460. The summed E-state index contributed by atoms with van der Waals surface area (Å²) in [6, 6.07) is 2.07. The van der Waals surface area contributed by atoms with Gasteiger partial charge in [-0.2, -0.15) is 0 Å². The molecule has 0 radical (unpaired) electrons. The number of fused-ring (bicyclic) bond motifs is 1. The zero-order chi connectivity index (χ0) is 11.1. The van der Waals surface area contributed by atoms with Gasteiger partial charge in [-0.1, -0.05) is 0 Å². The lowest BCUT2D eigenvalue weighted by Crippen LogP contribution is -2.04. The molecular weight excluding hydrogens is 222 g/mol. The smallest absolute Gasteiger partial charge is 0.160 e. The average Bonchev–Trinajstić information content (AvgIpc) is 3.01. The number of halogens is 1. The van der Waals surface area contributed by atoms with Crippen LogP contribution in [0.15, 0.2) is 12.3 Å². The molecule has 0 N–H and O–H groups in total. The second-order valence-corrected chi connectivity index (χ2v) is 4.84. The van der Waals surface area contributed by atoms with E-state index in [1.807, 2.05) is 13.1 Å². The van der Waals surface area contributed by atoms with Crippen LogP contribution >= 0.6 is 11.6 Å². The molecule has 16 heavy (non-hydrogen) atoms. The second kappa shape index (κ2) is 3.74. The number of aryl methyl sites for hydroxylation is 1. The maximum Gasteiger partial charge on any atom is 0.160 e. The van der Waals surface area contributed by atoms with E-state index in [-0.39, 0.29) is 0 Å². The van der Waals surface area contributed by atoms with Gasteiger partial charge in [0.2, 0.25) is 0 Å². The summed E-state index contributed by atoms with van der Waals surface area (Å²) in [6.45, 7) is 3.06. The highest BCUT2D eigenvalue weighted by molar-refractivity contribution is 6.16. The Morgan fingerprint density at radius 2 is 2.31 bits per heavy atom. The fraction of sp³-hybridized carbons (Fsp3) is 0.500. The molecule has 0 unspecified atom stereocenters. The number of alkyl halides is 1. The van der Waals surface area contributed by atoms with E-state index in [1.54, 1.807) is 0 Å². The van der Waals surface area contributed by atoms with Gasteiger partial charge in [-0.25, -0.2) is 9.97 Å². The summed E-state index contributed by atoms with van der Waals surface area (Å²) in [5.74, 6) is 2.21. The highest BCUT2D eigenvalue weighted by atomic mass is 35.5. The Balaban J connectivity index is 2.13. The minimum Gasteiger partial charge on any atom is -0.311 e. The Labute approximate surface area is 99.5 Å². The summed E-state index contributed by atoms with van der Waals surface area (Å²) in [5.41, 5.74) is 3.09. The molecule has 2 aromatic rings. The van der Waals surface area contributed by atoms with Crippen molar-refractivity contribution in [2.24, 2.45) is 5.92 Å². The van der Waals surface area contributed by atoms with Gasteiger partial charge in [0.1, 0.15) is 11.3 Å². The van der Waals surface area contributed by atoms with Crippen molar-refractivity contribution in [1.82, 2.24) is 14.5 Å². The van der Waals surface area contributed by atoms with Crippen LogP contribution in [0.1, 0.15) is 24.2 Å². The summed E-state index contributed by atoms with van der Waals surface area (Å²) < 4.78 is 2.18. The average molecular weight is 236 g/mol. The molecule has 1 aliphatic rings. The van der Waals surface area contributed by atoms with E-state index in [2.05, 4.69) is 20.6 Å².